The van der Waals surface area contributed by atoms with Gasteiger partial charge in [-0.25, -0.2) is 9.59 Å². The first kappa shape index (κ1) is 15.8. The first-order valence-corrected chi connectivity index (χ1v) is 6.54. The zero-order chi connectivity index (χ0) is 14.8. The molecule has 0 saturated heterocycles. The molecule has 0 spiro atoms. The van der Waals surface area contributed by atoms with Gasteiger partial charge in [-0.2, -0.15) is 0 Å². The number of carbonyl (C=O) groups excluding carboxylic acids is 2. The largest absolute Gasteiger partial charge is 0.462 e. The van der Waals surface area contributed by atoms with Crippen molar-refractivity contribution in [1.82, 2.24) is 10.6 Å². The molecular weight excluding hydrogens is 260 g/mol. The van der Waals surface area contributed by atoms with Gasteiger partial charge in [0.05, 0.1) is 6.61 Å². The van der Waals surface area contributed by atoms with Gasteiger partial charge >= 0.3 is 12.0 Å². The molecule has 0 fully saturated rings. The van der Waals surface area contributed by atoms with Crippen molar-refractivity contribution in [1.29, 1.82) is 0 Å². The molecule has 0 aliphatic rings. The van der Waals surface area contributed by atoms with Crippen molar-refractivity contribution in [3.63, 3.8) is 0 Å². The van der Waals surface area contributed by atoms with Gasteiger partial charge in [-0.3, -0.25) is 0 Å². The van der Waals surface area contributed by atoms with E-state index in [9.17, 15) is 9.59 Å². The molecule has 1 rings (SSSR count). The van der Waals surface area contributed by atoms with Crippen LogP contribution in [0.25, 0.3) is 6.08 Å². The Kier molecular flexibility index (Phi) is 6.95. The van der Waals surface area contributed by atoms with E-state index in [0.29, 0.717) is 25.3 Å². The summed E-state index contributed by atoms with van der Waals surface area (Å²) in [6.07, 6.45) is 3.44. The predicted octanol–water partition coefficient (Wildman–Crippen LogP) is 1.85. The fraction of sp³-hybridized carbons (Fsp3) is 0.429. The average molecular weight is 280 g/mol. The first-order valence-electron chi connectivity index (χ1n) is 6.54. The van der Waals surface area contributed by atoms with Gasteiger partial charge in [0.15, 0.2) is 0 Å². The highest BCUT2D eigenvalue weighted by molar-refractivity contribution is 5.86. The summed E-state index contributed by atoms with van der Waals surface area (Å²) in [6, 6.07) is 3.37. The van der Waals surface area contributed by atoms with Crippen LogP contribution in [-0.4, -0.2) is 31.7 Å². The molecule has 20 heavy (non-hydrogen) atoms. The van der Waals surface area contributed by atoms with Gasteiger partial charge in [0.1, 0.15) is 11.5 Å². The van der Waals surface area contributed by atoms with Crippen LogP contribution in [0.2, 0.25) is 0 Å². The summed E-state index contributed by atoms with van der Waals surface area (Å²) in [5, 5.41) is 5.25. The van der Waals surface area contributed by atoms with Crippen molar-refractivity contribution in [2.75, 3.05) is 19.7 Å². The van der Waals surface area contributed by atoms with E-state index in [-0.39, 0.29) is 12.6 Å². The Bertz CT molecular complexity index is 465. The van der Waals surface area contributed by atoms with Crippen molar-refractivity contribution in [3.8, 4) is 0 Å². The van der Waals surface area contributed by atoms with Crippen molar-refractivity contribution in [3.05, 3.63) is 29.7 Å². The average Bonchev–Trinajstić information content (AvgIpc) is 2.82. The standard InChI is InChI=1S/C14H20N2O4/c1-3-15-14(18)16-9-4-10-19-13(17)8-7-12-6-5-11(2)20-12/h5-8H,3-4,9-10H2,1-2H3,(H2,15,16,18)/b8-7+. The minimum absolute atomic E-state index is 0.216. The second-order valence-electron chi connectivity index (χ2n) is 4.09. The van der Waals surface area contributed by atoms with Crippen LogP contribution < -0.4 is 10.6 Å². The van der Waals surface area contributed by atoms with Crippen LogP contribution in [0.3, 0.4) is 0 Å². The third-order valence-electron chi connectivity index (χ3n) is 2.33. The number of hydrogen-bond donors (Lipinski definition) is 2. The molecule has 0 aliphatic heterocycles. The number of furan rings is 1. The highest BCUT2D eigenvalue weighted by Gasteiger charge is 2.00. The summed E-state index contributed by atoms with van der Waals surface area (Å²) in [5.41, 5.74) is 0. The van der Waals surface area contributed by atoms with E-state index in [1.807, 2.05) is 19.9 Å². The Morgan fingerprint density at radius 2 is 2.15 bits per heavy atom. The molecule has 0 aliphatic carbocycles. The van der Waals surface area contributed by atoms with E-state index in [0.717, 1.165) is 5.76 Å². The summed E-state index contributed by atoms with van der Waals surface area (Å²) in [7, 11) is 0. The van der Waals surface area contributed by atoms with Gasteiger partial charge in [-0.1, -0.05) is 0 Å². The monoisotopic (exact) mass is 280 g/mol. The molecule has 1 heterocycles. The van der Waals surface area contributed by atoms with Gasteiger partial charge in [-0.15, -0.1) is 0 Å². The number of ether oxygens (including phenoxy) is 1. The molecule has 1 aromatic heterocycles. The fourth-order valence-corrected chi connectivity index (χ4v) is 1.41. The second kappa shape index (κ2) is 8.79. The van der Waals surface area contributed by atoms with Crippen LogP contribution >= 0.6 is 0 Å². The van der Waals surface area contributed by atoms with E-state index < -0.39 is 5.97 Å². The zero-order valence-electron chi connectivity index (χ0n) is 11.8. The molecule has 0 aromatic carbocycles. The maximum Gasteiger partial charge on any atom is 0.330 e. The highest BCUT2D eigenvalue weighted by Crippen LogP contribution is 2.07. The maximum atomic E-state index is 11.4. The predicted molar refractivity (Wildman–Crippen MR) is 75.1 cm³/mol. The molecule has 110 valence electrons. The van der Waals surface area contributed by atoms with Gasteiger partial charge in [0.25, 0.3) is 0 Å². The number of rotatable bonds is 7. The zero-order valence-corrected chi connectivity index (χ0v) is 11.8. The number of esters is 1. The van der Waals surface area contributed by atoms with Crippen molar-refractivity contribution < 1.29 is 18.7 Å². The lowest BCUT2D eigenvalue weighted by Gasteiger charge is -2.05. The topological polar surface area (TPSA) is 80.6 Å². The number of carbonyl (C=O) groups is 2. The SMILES string of the molecule is CCNC(=O)NCCCOC(=O)/C=C/c1ccc(C)o1. The summed E-state index contributed by atoms with van der Waals surface area (Å²) < 4.78 is 10.3. The lowest BCUT2D eigenvalue weighted by atomic mass is 10.4. The van der Waals surface area contributed by atoms with Crippen LogP contribution in [0.1, 0.15) is 24.9 Å². The number of nitrogens with one attached hydrogen (secondary N) is 2. The smallest absolute Gasteiger partial charge is 0.330 e. The molecular formula is C14H20N2O4. The Morgan fingerprint density at radius 3 is 2.80 bits per heavy atom. The third-order valence-corrected chi connectivity index (χ3v) is 2.33. The van der Waals surface area contributed by atoms with Crippen LogP contribution in [0.15, 0.2) is 22.6 Å². The molecule has 2 N–H and O–H groups in total. The Labute approximate surface area is 118 Å². The number of hydrogen-bond acceptors (Lipinski definition) is 4. The van der Waals surface area contributed by atoms with Gasteiger partial charge in [-0.05, 0) is 38.5 Å². The summed E-state index contributed by atoms with van der Waals surface area (Å²) in [6.45, 7) is 4.97. The quantitative estimate of drug-likeness (QED) is 0.454. The maximum absolute atomic E-state index is 11.4. The van der Waals surface area contributed by atoms with E-state index in [2.05, 4.69) is 10.6 Å². The summed E-state index contributed by atoms with van der Waals surface area (Å²) >= 11 is 0. The second-order valence-corrected chi connectivity index (χ2v) is 4.09. The summed E-state index contributed by atoms with van der Waals surface area (Å²) in [5.74, 6) is 0.962. The van der Waals surface area contributed by atoms with E-state index >= 15 is 0 Å². The van der Waals surface area contributed by atoms with Crippen LogP contribution in [0, 0.1) is 6.92 Å². The Balaban J connectivity index is 2.11. The molecule has 0 atom stereocenters. The first-order chi connectivity index (χ1) is 9.61. The van der Waals surface area contributed by atoms with E-state index in [1.165, 1.54) is 6.08 Å². The number of aryl methyl sites for hydroxylation is 1. The van der Waals surface area contributed by atoms with Crippen LogP contribution in [0.5, 0.6) is 0 Å². The van der Waals surface area contributed by atoms with E-state index in [1.54, 1.807) is 12.1 Å². The van der Waals surface area contributed by atoms with Gasteiger partial charge in [0, 0.05) is 19.2 Å². The molecule has 2 amide bonds. The lowest BCUT2D eigenvalue weighted by molar-refractivity contribution is -0.137. The van der Waals surface area contributed by atoms with Gasteiger partial charge < -0.3 is 19.8 Å². The molecule has 1 aromatic rings. The minimum atomic E-state index is -0.433. The fourth-order valence-electron chi connectivity index (χ4n) is 1.41. The third kappa shape index (κ3) is 6.63. The summed E-state index contributed by atoms with van der Waals surface area (Å²) in [4.78, 5) is 22.4. The number of urea groups is 1. The normalized spacial score (nSPS) is 10.5. The molecule has 6 nitrogen and oxygen atoms in total. The lowest BCUT2D eigenvalue weighted by Crippen LogP contribution is -2.36. The van der Waals surface area contributed by atoms with Crippen LogP contribution in [-0.2, 0) is 9.53 Å². The van der Waals surface area contributed by atoms with Crippen molar-refractivity contribution >= 4 is 18.1 Å². The molecule has 0 unspecified atom stereocenters. The molecule has 0 radical (unpaired) electrons. The molecule has 6 heteroatoms. The van der Waals surface area contributed by atoms with Crippen molar-refractivity contribution in [2.24, 2.45) is 0 Å². The highest BCUT2D eigenvalue weighted by atomic mass is 16.5. The minimum Gasteiger partial charge on any atom is -0.462 e. The number of amides is 2. The van der Waals surface area contributed by atoms with E-state index in [4.69, 9.17) is 9.15 Å². The molecule has 0 bridgehead atoms. The molecule has 0 saturated carbocycles. The van der Waals surface area contributed by atoms with Crippen LogP contribution in [0.4, 0.5) is 4.79 Å². The Hall–Kier alpha value is -2.24. The van der Waals surface area contributed by atoms with Gasteiger partial charge in [0.2, 0.25) is 0 Å². The van der Waals surface area contributed by atoms with Crippen molar-refractivity contribution in [2.45, 2.75) is 20.3 Å². The Morgan fingerprint density at radius 1 is 1.35 bits per heavy atom.